The van der Waals surface area contributed by atoms with E-state index in [9.17, 15) is 13.2 Å². The van der Waals surface area contributed by atoms with Gasteiger partial charge in [0.15, 0.2) is 5.82 Å². The predicted octanol–water partition coefficient (Wildman–Crippen LogP) is 1.30. The second-order valence-electron chi connectivity index (χ2n) is 4.08. The fourth-order valence-electron chi connectivity index (χ4n) is 1.68. The molecule has 0 atom stereocenters. The number of aromatic carboxylic acids is 1. The molecule has 108 valence electrons. The van der Waals surface area contributed by atoms with Crippen molar-refractivity contribution in [2.24, 2.45) is 0 Å². The standard InChI is InChI=1S/C11H13N3O5S/c1-3-14-6-8(5-9(14)11(15)16)20(17,18)13-10-4-7(2)19-12-10/h4-6H,3H2,1-2H3,(H,12,13)(H,15,16). The number of anilines is 1. The molecule has 0 unspecified atom stereocenters. The maximum atomic E-state index is 12.1. The molecule has 0 fully saturated rings. The van der Waals surface area contributed by atoms with Gasteiger partial charge in [0, 0.05) is 18.8 Å². The maximum absolute atomic E-state index is 12.1. The van der Waals surface area contributed by atoms with Crippen molar-refractivity contribution in [1.29, 1.82) is 0 Å². The lowest BCUT2D eigenvalue weighted by Gasteiger charge is -2.01. The summed E-state index contributed by atoms with van der Waals surface area (Å²) in [6.07, 6.45) is 1.26. The molecule has 2 heterocycles. The monoisotopic (exact) mass is 299 g/mol. The average molecular weight is 299 g/mol. The zero-order valence-corrected chi connectivity index (χ0v) is 11.6. The number of rotatable bonds is 5. The summed E-state index contributed by atoms with van der Waals surface area (Å²) in [7, 11) is -3.90. The Morgan fingerprint density at radius 1 is 1.50 bits per heavy atom. The summed E-state index contributed by atoms with van der Waals surface area (Å²) in [6, 6.07) is 2.52. The second kappa shape index (κ2) is 5.00. The van der Waals surface area contributed by atoms with Crippen LogP contribution in [0.3, 0.4) is 0 Å². The summed E-state index contributed by atoms with van der Waals surface area (Å²) in [4.78, 5) is 10.9. The van der Waals surface area contributed by atoms with E-state index in [2.05, 4.69) is 9.88 Å². The van der Waals surface area contributed by atoms with E-state index in [-0.39, 0.29) is 16.4 Å². The number of sulfonamides is 1. The summed E-state index contributed by atoms with van der Waals surface area (Å²) in [6.45, 7) is 3.69. The Labute approximate surface area is 115 Å². The van der Waals surface area contributed by atoms with Crippen LogP contribution in [-0.2, 0) is 16.6 Å². The van der Waals surface area contributed by atoms with Crippen LogP contribution in [0, 0.1) is 6.92 Å². The van der Waals surface area contributed by atoms with Crippen molar-refractivity contribution in [3.8, 4) is 0 Å². The van der Waals surface area contributed by atoms with Gasteiger partial charge in [-0.15, -0.1) is 0 Å². The number of nitrogens with zero attached hydrogens (tertiary/aromatic N) is 2. The number of carboxylic acids is 1. The first-order chi connectivity index (χ1) is 9.33. The minimum atomic E-state index is -3.90. The van der Waals surface area contributed by atoms with Gasteiger partial charge in [0.25, 0.3) is 10.0 Å². The number of hydrogen-bond acceptors (Lipinski definition) is 5. The molecule has 2 rings (SSSR count). The molecule has 0 aromatic carbocycles. The molecule has 8 nitrogen and oxygen atoms in total. The van der Waals surface area contributed by atoms with E-state index < -0.39 is 16.0 Å². The first kappa shape index (κ1) is 14.1. The van der Waals surface area contributed by atoms with E-state index in [1.54, 1.807) is 13.8 Å². The molecule has 0 saturated carbocycles. The van der Waals surface area contributed by atoms with E-state index in [1.165, 1.54) is 16.8 Å². The molecule has 0 radical (unpaired) electrons. The summed E-state index contributed by atoms with van der Waals surface area (Å²) < 4.78 is 32.5. The molecule has 0 aliphatic carbocycles. The van der Waals surface area contributed by atoms with Gasteiger partial charge in [0.1, 0.15) is 16.3 Å². The molecule has 2 aromatic rings. The lowest BCUT2D eigenvalue weighted by molar-refractivity contribution is 0.0685. The topological polar surface area (TPSA) is 114 Å². The van der Waals surface area contributed by atoms with Crippen LogP contribution in [0.25, 0.3) is 0 Å². The number of hydrogen-bond donors (Lipinski definition) is 2. The van der Waals surface area contributed by atoms with Crippen molar-refractivity contribution >= 4 is 21.8 Å². The van der Waals surface area contributed by atoms with Crippen molar-refractivity contribution in [1.82, 2.24) is 9.72 Å². The molecule has 2 aromatic heterocycles. The van der Waals surface area contributed by atoms with Crippen LogP contribution in [0.1, 0.15) is 23.2 Å². The normalized spacial score (nSPS) is 11.5. The van der Waals surface area contributed by atoms with Gasteiger partial charge >= 0.3 is 5.97 Å². The Balaban J connectivity index is 2.37. The predicted molar refractivity (Wildman–Crippen MR) is 69.1 cm³/mol. The number of aryl methyl sites for hydroxylation is 2. The van der Waals surface area contributed by atoms with Gasteiger partial charge in [-0.3, -0.25) is 4.72 Å². The number of aromatic nitrogens is 2. The van der Waals surface area contributed by atoms with Crippen molar-refractivity contribution in [2.75, 3.05) is 4.72 Å². The summed E-state index contributed by atoms with van der Waals surface area (Å²) in [5.41, 5.74) is -0.0933. The molecule has 0 aliphatic rings. The molecule has 0 aliphatic heterocycles. The molecule has 0 spiro atoms. The Morgan fingerprint density at radius 2 is 2.20 bits per heavy atom. The third-order valence-electron chi connectivity index (χ3n) is 2.61. The molecule has 0 saturated heterocycles. The van der Waals surface area contributed by atoms with E-state index in [0.717, 1.165) is 6.07 Å². The van der Waals surface area contributed by atoms with Crippen LogP contribution >= 0.6 is 0 Å². The van der Waals surface area contributed by atoms with Crippen LogP contribution in [0.15, 0.2) is 27.7 Å². The minimum absolute atomic E-state index is 0.0450. The number of carbonyl (C=O) groups is 1. The Bertz CT molecular complexity index is 744. The van der Waals surface area contributed by atoms with Gasteiger partial charge in [-0.05, 0) is 19.9 Å². The van der Waals surface area contributed by atoms with Gasteiger partial charge in [0.05, 0.1) is 0 Å². The van der Waals surface area contributed by atoms with Gasteiger partial charge in [-0.2, -0.15) is 0 Å². The van der Waals surface area contributed by atoms with Gasteiger partial charge in [-0.1, -0.05) is 5.16 Å². The van der Waals surface area contributed by atoms with Crippen molar-refractivity contribution in [2.45, 2.75) is 25.3 Å². The lowest BCUT2D eigenvalue weighted by Crippen LogP contribution is -2.12. The van der Waals surface area contributed by atoms with Crippen LogP contribution < -0.4 is 4.72 Å². The third-order valence-corrected chi connectivity index (χ3v) is 3.93. The van der Waals surface area contributed by atoms with Crippen molar-refractivity contribution in [3.05, 3.63) is 29.8 Å². The molecular formula is C11H13N3O5S. The van der Waals surface area contributed by atoms with Gasteiger partial charge in [0.2, 0.25) is 0 Å². The van der Waals surface area contributed by atoms with Crippen molar-refractivity contribution < 1.29 is 22.8 Å². The zero-order chi connectivity index (χ0) is 14.9. The first-order valence-electron chi connectivity index (χ1n) is 5.73. The highest BCUT2D eigenvalue weighted by molar-refractivity contribution is 7.92. The van der Waals surface area contributed by atoms with E-state index in [1.807, 2.05) is 0 Å². The first-order valence-corrected chi connectivity index (χ1v) is 7.21. The molecule has 20 heavy (non-hydrogen) atoms. The van der Waals surface area contributed by atoms with E-state index >= 15 is 0 Å². The summed E-state index contributed by atoms with van der Waals surface area (Å²) in [5, 5.41) is 12.5. The van der Waals surface area contributed by atoms with Crippen LogP contribution in [0.2, 0.25) is 0 Å². The highest BCUT2D eigenvalue weighted by atomic mass is 32.2. The van der Waals surface area contributed by atoms with Crippen LogP contribution in [0.5, 0.6) is 0 Å². The fourth-order valence-corrected chi connectivity index (χ4v) is 2.70. The molecule has 9 heteroatoms. The van der Waals surface area contributed by atoms with E-state index in [0.29, 0.717) is 12.3 Å². The van der Waals surface area contributed by atoms with E-state index in [4.69, 9.17) is 9.63 Å². The molecular weight excluding hydrogens is 286 g/mol. The zero-order valence-electron chi connectivity index (χ0n) is 10.8. The lowest BCUT2D eigenvalue weighted by atomic mass is 10.4. The smallest absolute Gasteiger partial charge is 0.352 e. The average Bonchev–Trinajstić information content (AvgIpc) is 2.95. The Kier molecular flexibility index (Phi) is 3.53. The molecule has 2 N–H and O–H groups in total. The molecule has 0 bridgehead atoms. The van der Waals surface area contributed by atoms with Gasteiger partial charge < -0.3 is 14.2 Å². The highest BCUT2D eigenvalue weighted by Crippen LogP contribution is 2.18. The maximum Gasteiger partial charge on any atom is 0.352 e. The minimum Gasteiger partial charge on any atom is -0.477 e. The highest BCUT2D eigenvalue weighted by Gasteiger charge is 2.22. The number of carboxylic acid groups (broad SMARTS) is 1. The second-order valence-corrected chi connectivity index (χ2v) is 5.76. The Morgan fingerprint density at radius 3 is 2.65 bits per heavy atom. The summed E-state index contributed by atoms with van der Waals surface area (Å²) in [5.74, 6) is -0.686. The van der Waals surface area contributed by atoms with Crippen molar-refractivity contribution in [3.63, 3.8) is 0 Å². The third kappa shape index (κ3) is 2.67. The number of nitrogens with one attached hydrogen (secondary N) is 1. The SMILES string of the molecule is CCn1cc(S(=O)(=O)Nc2cc(C)on2)cc1C(=O)O. The fraction of sp³-hybridized carbons (Fsp3) is 0.273. The summed E-state index contributed by atoms with van der Waals surface area (Å²) >= 11 is 0. The quantitative estimate of drug-likeness (QED) is 0.860. The largest absolute Gasteiger partial charge is 0.477 e. The molecule has 0 amide bonds. The van der Waals surface area contributed by atoms with Crippen LogP contribution in [0.4, 0.5) is 5.82 Å². The van der Waals surface area contributed by atoms with Crippen LogP contribution in [-0.4, -0.2) is 29.2 Å². The van der Waals surface area contributed by atoms with Gasteiger partial charge in [-0.25, -0.2) is 13.2 Å². The Hall–Kier alpha value is -2.29.